The molecule has 0 fully saturated rings. The van der Waals surface area contributed by atoms with Crippen molar-refractivity contribution in [3.05, 3.63) is 43.0 Å². The number of nitrogens with one attached hydrogen (secondary N) is 2. The Morgan fingerprint density at radius 1 is 1.16 bits per heavy atom. The zero-order valence-electron chi connectivity index (χ0n) is 10.2. The number of amides is 2. The number of imidazole rings is 1. The van der Waals surface area contributed by atoms with Crippen LogP contribution in [0.4, 0.5) is 21.0 Å². The fourth-order valence-electron chi connectivity index (χ4n) is 1.37. The van der Waals surface area contributed by atoms with Gasteiger partial charge >= 0.3 is 12.1 Å². The quantitative estimate of drug-likeness (QED) is 0.866. The lowest BCUT2D eigenvalue weighted by atomic mass is 10.3. The van der Waals surface area contributed by atoms with Crippen LogP contribution in [-0.2, 0) is 4.74 Å². The zero-order valence-corrected chi connectivity index (χ0v) is 10.2. The molecule has 2 rings (SSSR count). The summed E-state index contributed by atoms with van der Waals surface area (Å²) in [5, 5.41) is 5.19. The Labute approximate surface area is 109 Å². The number of anilines is 2. The van der Waals surface area contributed by atoms with Crippen LogP contribution in [0.15, 0.2) is 43.0 Å². The number of rotatable bonds is 2. The zero-order chi connectivity index (χ0) is 13.7. The van der Waals surface area contributed by atoms with E-state index in [4.69, 9.17) is 0 Å². The second kappa shape index (κ2) is 5.67. The Morgan fingerprint density at radius 3 is 2.32 bits per heavy atom. The predicted octanol–water partition coefficient (Wildman–Crippen LogP) is 2.14. The summed E-state index contributed by atoms with van der Waals surface area (Å²) < 4.78 is 5.79. The SMILES string of the molecule is COC(=O)Nc1ccc(NC(=O)n2ccnc2)cc1. The van der Waals surface area contributed by atoms with Gasteiger partial charge < -0.3 is 10.1 Å². The lowest BCUT2D eigenvalue weighted by Crippen LogP contribution is -2.17. The standard InChI is InChI=1S/C12H12N4O3/c1-19-12(18)15-10-4-2-9(3-5-10)14-11(17)16-7-6-13-8-16/h2-8H,1H3,(H,14,17)(H,15,18). The van der Waals surface area contributed by atoms with Crippen LogP contribution in [0.25, 0.3) is 0 Å². The molecule has 0 radical (unpaired) electrons. The summed E-state index contributed by atoms with van der Waals surface area (Å²) in [6.07, 6.45) is 3.92. The predicted molar refractivity (Wildman–Crippen MR) is 69.1 cm³/mol. The van der Waals surface area contributed by atoms with Gasteiger partial charge in [0.05, 0.1) is 7.11 Å². The number of aromatic nitrogens is 2. The lowest BCUT2D eigenvalue weighted by molar-refractivity contribution is 0.187. The van der Waals surface area contributed by atoms with Gasteiger partial charge in [0, 0.05) is 23.8 Å². The lowest BCUT2D eigenvalue weighted by Gasteiger charge is -2.07. The first-order chi connectivity index (χ1) is 9.19. The van der Waals surface area contributed by atoms with Gasteiger partial charge in [0.15, 0.2) is 0 Å². The number of hydrogen-bond acceptors (Lipinski definition) is 4. The molecule has 0 atom stereocenters. The minimum absolute atomic E-state index is 0.314. The largest absolute Gasteiger partial charge is 0.453 e. The highest BCUT2D eigenvalue weighted by atomic mass is 16.5. The molecule has 2 amide bonds. The normalized spacial score (nSPS) is 9.74. The van der Waals surface area contributed by atoms with Crippen molar-refractivity contribution in [3.63, 3.8) is 0 Å². The fourth-order valence-corrected chi connectivity index (χ4v) is 1.37. The number of hydrogen-bond donors (Lipinski definition) is 2. The van der Waals surface area contributed by atoms with Gasteiger partial charge in [0.1, 0.15) is 6.33 Å². The van der Waals surface area contributed by atoms with E-state index in [0.717, 1.165) is 0 Å². The molecule has 7 nitrogen and oxygen atoms in total. The van der Waals surface area contributed by atoms with Gasteiger partial charge in [-0.1, -0.05) is 0 Å². The van der Waals surface area contributed by atoms with Gasteiger partial charge in [-0.2, -0.15) is 0 Å². The molecule has 1 heterocycles. The van der Waals surface area contributed by atoms with Crippen LogP contribution in [0.5, 0.6) is 0 Å². The van der Waals surface area contributed by atoms with Crippen molar-refractivity contribution < 1.29 is 14.3 Å². The van der Waals surface area contributed by atoms with Gasteiger partial charge in [-0.3, -0.25) is 9.88 Å². The molecule has 0 bridgehead atoms. The smallest absolute Gasteiger partial charge is 0.411 e. The second-order valence-electron chi connectivity index (χ2n) is 3.59. The van der Waals surface area contributed by atoms with Crippen molar-refractivity contribution in [3.8, 4) is 0 Å². The van der Waals surface area contributed by atoms with Crippen LogP contribution in [-0.4, -0.2) is 28.8 Å². The summed E-state index contributed by atoms with van der Waals surface area (Å²) in [5.74, 6) is 0. The summed E-state index contributed by atoms with van der Waals surface area (Å²) in [7, 11) is 1.29. The molecule has 19 heavy (non-hydrogen) atoms. The van der Waals surface area contributed by atoms with Crippen molar-refractivity contribution in [2.75, 3.05) is 17.7 Å². The molecule has 2 aromatic rings. The maximum Gasteiger partial charge on any atom is 0.411 e. The fraction of sp³-hybridized carbons (Fsp3) is 0.0833. The molecular formula is C12H12N4O3. The number of carbonyl (C=O) groups excluding carboxylic acids is 2. The summed E-state index contributed by atoms with van der Waals surface area (Å²) >= 11 is 0. The van der Waals surface area contributed by atoms with Crippen molar-refractivity contribution >= 4 is 23.5 Å². The highest BCUT2D eigenvalue weighted by molar-refractivity contribution is 5.91. The highest BCUT2D eigenvalue weighted by Crippen LogP contribution is 2.14. The Morgan fingerprint density at radius 2 is 1.79 bits per heavy atom. The molecule has 1 aromatic heterocycles. The molecule has 7 heteroatoms. The van der Waals surface area contributed by atoms with Crippen LogP contribution >= 0.6 is 0 Å². The molecule has 0 saturated carbocycles. The summed E-state index contributed by atoms with van der Waals surface area (Å²) in [4.78, 5) is 26.5. The Kier molecular flexibility index (Phi) is 3.77. The molecule has 98 valence electrons. The Balaban J connectivity index is 1.99. The van der Waals surface area contributed by atoms with Gasteiger partial charge in [-0.25, -0.2) is 14.6 Å². The Bertz CT molecular complexity index is 563. The van der Waals surface area contributed by atoms with Gasteiger partial charge in [-0.15, -0.1) is 0 Å². The number of carbonyl (C=O) groups is 2. The van der Waals surface area contributed by atoms with Crippen LogP contribution in [0.3, 0.4) is 0 Å². The maximum absolute atomic E-state index is 11.7. The van der Waals surface area contributed by atoms with Crippen LogP contribution in [0, 0.1) is 0 Å². The van der Waals surface area contributed by atoms with Crippen molar-refractivity contribution in [1.29, 1.82) is 0 Å². The van der Waals surface area contributed by atoms with E-state index in [1.54, 1.807) is 30.5 Å². The number of nitrogens with zero attached hydrogens (tertiary/aromatic N) is 2. The molecule has 0 unspecified atom stereocenters. The van der Waals surface area contributed by atoms with E-state index in [9.17, 15) is 9.59 Å². The molecule has 0 saturated heterocycles. The Hall–Kier alpha value is -2.83. The first kappa shape index (κ1) is 12.6. The average molecular weight is 260 g/mol. The number of ether oxygens (including phenoxy) is 1. The molecule has 0 spiro atoms. The molecule has 2 N–H and O–H groups in total. The average Bonchev–Trinajstić information content (AvgIpc) is 2.95. The summed E-state index contributed by atoms with van der Waals surface area (Å²) in [6, 6.07) is 6.33. The first-order valence-electron chi connectivity index (χ1n) is 5.43. The van der Waals surface area contributed by atoms with Crippen LogP contribution in [0.1, 0.15) is 0 Å². The van der Waals surface area contributed by atoms with E-state index in [-0.39, 0.29) is 6.03 Å². The van der Waals surface area contributed by atoms with Gasteiger partial charge in [-0.05, 0) is 24.3 Å². The highest BCUT2D eigenvalue weighted by Gasteiger charge is 2.04. The van der Waals surface area contributed by atoms with E-state index in [1.807, 2.05) is 0 Å². The van der Waals surface area contributed by atoms with Crippen molar-refractivity contribution in [2.24, 2.45) is 0 Å². The summed E-state index contributed by atoms with van der Waals surface area (Å²) in [5.41, 5.74) is 1.18. The monoisotopic (exact) mass is 260 g/mol. The third-order valence-corrected chi connectivity index (χ3v) is 2.31. The maximum atomic E-state index is 11.7. The van der Waals surface area contributed by atoms with Crippen molar-refractivity contribution in [1.82, 2.24) is 9.55 Å². The molecular weight excluding hydrogens is 248 g/mol. The summed E-state index contributed by atoms with van der Waals surface area (Å²) in [6.45, 7) is 0. The van der Waals surface area contributed by atoms with Gasteiger partial charge in [0.25, 0.3) is 0 Å². The second-order valence-corrected chi connectivity index (χ2v) is 3.59. The van der Waals surface area contributed by atoms with E-state index in [0.29, 0.717) is 11.4 Å². The molecule has 0 aliphatic carbocycles. The topological polar surface area (TPSA) is 85.3 Å². The molecule has 0 aliphatic heterocycles. The third-order valence-electron chi connectivity index (χ3n) is 2.31. The van der Waals surface area contributed by atoms with Gasteiger partial charge in [0.2, 0.25) is 0 Å². The van der Waals surface area contributed by atoms with Crippen LogP contribution in [0.2, 0.25) is 0 Å². The molecule has 1 aromatic carbocycles. The van der Waals surface area contributed by atoms with Crippen molar-refractivity contribution in [2.45, 2.75) is 0 Å². The molecule has 0 aliphatic rings. The van der Waals surface area contributed by atoms with Crippen LogP contribution < -0.4 is 10.6 Å². The third kappa shape index (κ3) is 3.32. The van der Waals surface area contributed by atoms with E-state index in [1.165, 1.54) is 24.2 Å². The minimum atomic E-state index is -0.546. The minimum Gasteiger partial charge on any atom is -0.453 e. The first-order valence-corrected chi connectivity index (χ1v) is 5.43. The van der Waals surface area contributed by atoms with E-state index < -0.39 is 6.09 Å². The number of benzene rings is 1. The van der Waals surface area contributed by atoms with E-state index >= 15 is 0 Å². The number of methoxy groups -OCH3 is 1. The van der Waals surface area contributed by atoms with E-state index in [2.05, 4.69) is 20.4 Å².